The van der Waals surface area contributed by atoms with Crippen LogP contribution in [0.5, 0.6) is 0 Å². The van der Waals surface area contributed by atoms with E-state index in [0.717, 1.165) is 17.2 Å². The molecule has 0 atom stereocenters. The first kappa shape index (κ1) is 12.4. The quantitative estimate of drug-likeness (QED) is 0.827. The van der Waals surface area contributed by atoms with Gasteiger partial charge in [0.05, 0.1) is 12.2 Å². The summed E-state index contributed by atoms with van der Waals surface area (Å²) in [6, 6.07) is 11.7. The number of hydrogen-bond donors (Lipinski definition) is 2. The van der Waals surface area contributed by atoms with Crippen molar-refractivity contribution in [1.82, 2.24) is 15.3 Å². The summed E-state index contributed by atoms with van der Waals surface area (Å²) in [6.07, 6.45) is 1.74. The van der Waals surface area contributed by atoms with Crippen molar-refractivity contribution in [1.29, 1.82) is 0 Å². The van der Waals surface area contributed by atoms with Crippen LogP contribution in [0.1, 0.15) is 11.5 Å². The Labute approximate surface area is 111 Å². The molecule has 5 heteroatoms. The zero-order valence-corrected chi connectivity index (χ0v) is 10.9. The Morgan fingerprint density at radius 1 is 1.22 bits per heavy atom. The molecule has 0 spiro atoms. The van der Waals surface area contributed by atoms with Gasteiger partial charge in [0.2, 0.25) is 0 Å². The van der Waals surface area contributed by atoms with Crippen molar-refractivity contribution >= 4 is 23.0 Å². The summed E-state index contributed by atoms with van der Waals surface area (Å²) in [7, 11) is 0. The van der Waals surface area contributed by atoms with Gasteiger partial charge in [-0.05, 0) is 37.3 Å². The largest absolute Gasteiger partial charge is 0.357 e. The molecule has 0 aliphatic carbocycles. The summed E-state index contributed by atoms with van der Waals surface area (Å²) in [4.78, 5) is 8.34. The van der Waals surface area contributed by atoms with E-state index in [1.54, 1.807) is 6.20 Å². The van der Waals surface area contributed by atoms with E-state index in [1.165, 1.54) is 0 Å². The topological polar surface area (TPSA) is 49.8 Å². The van der Waals surface area contributed by atoms with Crippen molar-refractivity contribution in [3.8, 4) is 0 Å². The maximum absolute atomic E-state index is 5.20. The predicted molar refractivity (Wildman–Crippen MR) is 76.3 cm³/mol. The minimum absolute atomic E-state index is 0.581. The summed E-state index contributed by atoms with van der Waals surface area (Å²) in [5, 5.41) is 6.79. The molecule has 2 N–H and O–H groups in total. The van der Waals surface area contributed by atoms with Gasteiger partial charge in [-0.3, -0.25) is 0 Å². The molecule has 1 aromatic heterocycles. The standard InChI is InChI=1S/C13H14N4S/c1-10-14-8-7-12(16-10)9-15-13(18)17-11-5-3-2-4-6-11/h2-8H,9H2,1H3,(H2,15,17,18). The highest BCUT2D eigenvalue weighted by atomic mass is 32.1. The van der Waals surface area contributed by atoms with Crippen LogP contribution in [-0.4, -0.2) is 15.1 Å². The second kappa shape index (κ2) is 6.07. The average Bonchev–Trinajstić information content (AvgIpc) is 2.38. The second-order valence-electron chi connectivity index (χ2n) is 3.77. The lowest BCUT2D eigenvalue weighted by atomic mass is 10.3. The number of para-hydroxylation sites is 1. The van der Waals surface area contributed by atoms with E-state index in [2.05, 4.69) is 20.6 Å². The molecule has 2 rings (SSSR count). The molecule has 2 aromatic rings. The Kier molecular flexibility index (Phi) is 4.20. The van der Waals surface area contributed by atoms with Gasteiger partial charge in [0.25, 0.3) is 0 Å². The zero-order valence-electron chi connectivity index (χ0n) is 10.1. The first-order chi connectivity index (χ1) is 8.74. The summed E-state index contributed by atoms with van der Waals surface area (Å²) < 4.78 is 0. The zero-order chi connectivity index (χ0) is 12.8. The fourth-order valence-corrected chi connectivity index (χ4v) is 1.66. The first-order valence-electron chi connectivity index (χ1n) is 5.62. The lowest BCUT2D eigenvalue weighted by Gasteiger charge is -2.10. The van der Waals surface area contributed by atoms with Gasteiger partial charge in [-0.1, -0.05) is 18.2 Å². The minimum atomic E-state index is 0.581. The number of hydrogen-bond acceptors (Lipinski definition) is 3. The van der Waals surface area contributed by atoms with Gasteiger partial charge < -0.3 is 10.6 Å². The molecular weight excluding hydrogens is 244 g/mol. The third-order valence-corrected chi connectivity index (χ3v) is 2.54. The van der Waals surface area contributed by atoms with Crippen molar-refractivity contribution in [2.45, 2.75) is 13.5 Å². The highest BCUT2D eigenvalue weighted by Gasteiger charge is 1.99. The Bertz CT molecular complexity index is 528. The van der Waals surface area contributed by atoms with Crippen LogP contribution in [0.25, 0.3) is 0 Å². The molecule has 92 valence electrons. The van der Waals surface area contributed by atoms with Crippen molar-refractivity contribution in [3.63, 3.8) is 0 Å². The summed E-state index contributed by atoms with van der Waals surface area (Å²) in [6.45, 7) is 2.45. The van der Waals surface area contributed by atoms with Gasteiger partial charge in [0.1, 0.15) is 5.82 Å². The van der Waals surface area contributed by atoms with Gasteiger partial charge in [-0.2, -0.15) is 0 Å². The number of aromatic nitrogens is 2. The Balaban J connectivity index is 1.85. The molecule has 0 bridgehead atoms. The smallest absolute Gasteiger partial charge is 0.171 e. The number of anilines is 1. The van der Waals surface area contributed by atoms with Crippen molar-refractivity contribution in [3.05, 3.63) is 54.1 Å². The van der Waals surface area contributed by atoms with Crippen LogP contribution in [0.3, 0.4) is 0 Å². The molecule has 1 aromatic carbocycles. The number of aryl methyl sites for hydroxylation is 1. The highest BCUT2D eigenvalue weighted by Crippen LogP contribution is 2.04. The molecule has 18 heavy (non-hydrogen) atoms. The molecule has 0 aliphatic rings. The van der Waals surface area contributed by atoms with Gasteiger partial charge in [-0.15, -0.1) is 0 Å². The first-order valence-corrected chi connectivity index (χ1v) is 6.03. The molecule has 0 radical (unpaired) electrons. The normalized spacial score (nSPS) is 9.83. The molecule has 0 amide bonds. The van der Waals surface area contributed by atoms with E-state index in [4.69, 9.17) is 12.2 Å². The number of nitrogens with one attached hydrogen (secondary N) is 2. The molecule has 0 saturated heterocycles. The lowest BCUT2D eigenvalue weighted by Crippen LogP contribution is -2.28. The Morgan fingerprint density at radius 2 is 2.00 bits per heavy atom. The van der Waals surface area contributed by atoms with E-state index >= 15 is 0 Å². The fourth-order valence-electron chi connectivity index (χ4n) is 1.47. The average molecular weight is 258 g/mol. The summed E-state index contributed by atoms with van der Waals surface area (Å²) in [5.74, 6) is 0.760. The summed E-state index contributed by atoms with van der Waals surface area (Å²) in [5.41, 5.74) is 1.88. The lowest BCUT2D eigenvalue weighted by molar-refractivity contribution is 0.854. The van der Waals surface area contributed by atoms with Crippen LogP contribution in [0, 0.1) is 6.92 Å². The third kappa shape index (κ3) is 3.78. The highest BCUT2D eigenvalue weighted by molar-refractivity contribution is 7.80. The summed E-state index contributed by atoms with van der Waals surface area (Å²) >= 11 is 5.20. The van der Waals surface area contributed by atoms with Crippen molar-refractivity contribution < 1.29 is 0 Å². The van der Waals surface area contributed by atoms with Gasteiger partial charge in [-0.25, -0.2) is 9.97 Å². The fraction of sp³-hybridized carbons (Fsp3) is 0.154. The number of nitrogens with zero attached hydrogens (tertiary/aromatic N) is 2. The number of thiocarbonyl (C=S) groups is 1. The van der Waals surface area contributed by atoms with Crippen LogP contribution < -0.4 is 10.6 Å². The van der Waals surface area contributed by atoms with E-state index in [-0.39, 0.29) is 0 Å². The molecule has 1 heterocycles. The van der Waals surface area contributed by atoms with Gasteiger partial charge in [0, 0.05) is 11.9 Å². The Hall–Kier alpha value is -2.01. The van der Waals surface area contributed by atoms with Crippen LogP contribution in [-0.2, 0) is 6.54 Å². The number of rotatable bonds is 3. The van der Waals surface area contributed by atoms with Crippen LogP contribution in [0.2, 0.25) is 0 Å². The Morgan fingerprint density at radius 3 is 2.72 bits per heavy atom. The maximum atomic E-state index is 5.20. The van der Waals surface area contributed by atoms with Crippen LogP contribution >= 0.6 is 12.2 Å². The van der Waals surface area contributed by atoms with Crippen LogP contribution in [0.15, 0.2) is 42.6 Å². The van der Waals surface area contributed by atoms with Crippen molar-refractivity contribution in [2.24, 2.45) is 0 Å². The van der Waals surface area contributed by atoms with Gasteiger partial charge >= 0.3 is 0 Å². The predicted octanol–water partition coefficient (Wildman–Crippen LogP) is 2.27. The minimum Gasteiger partial charge on any atom is -0.357 e. The third-order valence-electron chi connectivity index (χ3n) is 2.30. The molecule has 0 saturated carbocycles. The van der Waals surface area contributed by atoms with Crippen LogP contribution in [0.4, 0.5) is 5.69 Å². The monoisotopic (exact) mass is 258 g/mol. The maximum Gasteiger partial charge on any atom is 0.171 e. The molecule has 4 nitrogen and oxygen atoms in total. The van der Waals surface area contributed by atoms with E-state index in [0.29, 0.717) is 11.7 Å². The van der Waals surface area contributed by atoms with E-state index in [9.17, 15) is 0 Å². The SMILES string of the molecule is Cc1nccc(CNC(=S)Nc2ccccc2)n1. The molecule has 0 aliphatic heterocycles. The van der Waals surface area contributed by atoms with Crippen molar-refractivity contribution in [2.75, 3.05) is 5.32 Å². The molecular formula is C13H14N4S. The molecule has 0 unspecified atom stereocenters. The van der Waals surface area contributed by atoms with E-state index in [1.807, 2.05) is 43.3 Å². The molecule has 0 fully saturated rings. The second-order valence-corrected chi connectivity index (χ2v) is 4.18. The van der Waals surface area contributed by atoms with Gasteiger partial charge in [0.15, 0.2) is 5.11 Å². The number of benzene rings is 1. The van der Waals surface area contributed by atoms with E-state index < -0.39 is 0 Å².